The van der Waals surface area contributed by atoms with Gasteiger partial charge < -0.3 is 15.0 Å². The number of nitrogens with zero attached hydrogens (tertiary/aromatic N) is 2. The van der Waals surface area contributed by atoms with Gasteiger partial charge in [0, 0.05) is 38.0 Å². The SMILES string of the molecule is C[C@@H]1CN([C@@H](C)CNC(=O)CN2CCSC2=O)C[C@H](C)O1. The van der Waals surface area contributed by atoms with Gasteiger partial charge in [-0.15, -0.1) is 0 Å². The predicted octanol–water partition coefficient (Wildman–Crippen LogP) is 0.769. The van der Waals surface area contributed by atoms with Gasteiger partial charge in [0.05, 0.1) is 12.2 Å². The van der Waals surface area contributed by atoms with E-state index in [1.54, 1.807) is 4.90 Å². The molecule has 21 heavy (non-hydrogen) atoms. The van der Waals surface area contributed by atoms with E-state index in [0.717, 1.165) is 18.8 Å². The summed E-state index contributed by atoms with van der Waals surface area (Å²) in [5.41, 5.74) is 0. The number of morpholine rings is 1. The van der Waals surface area contributed by atoms with Crippen LogP contribution in [0.4, 0.5) is 4.79 Å². The lowest BCUT2D eigenvalue weighted by atomic mass is 10.1. The number of carbonyl (C=O) groups is 2. The molecule has 3 atom stereocenters. The first-order chi connectivity index (χ1) is 9.95. The van der Waals surface area contributed by atoms with Crippen molar-refractivity contribution < 1.29 is 14.3 Å². The van der Waals surface area contributed by atoms with Gasteiger partial charge in [-0.1, -0.05) is 11.8 Å². The lowest BCUT2D eigenvalue weighted by Crippen LogP contribution is -2.52. The smallest absolute Gasteiger partial charge is 0.282 e. The zero-order valence-electron chi connectivity index (χ0n) is 13.0. The number of carbonyl (C=O) groups excluding carboxylic acids is 2. The van der Waals surface area contributed by atoms with Crippen LogP contribution in [0.15, 0.2) is 0 Å². The van der Waals surface area contributed by atoms with Crippen molar-refractivity contribution in [3.63, 3.8) is 0 Å². The number of rotatable bonds is 5. The summed E-state index contributed by atoms with van der Waals surface area (Å²) in [7, 11) is 0. The predicted molar refractivity (Wildman–Crippen MR) is 83.5 cm³/mol. The van der Waals surface area contributed by atoms with Crippen molar-refractivity contribution in [3.8, 4) is 0 Å². The topological polar surface area (TPSA) is 61.9 Å². The van der Waals surface area contributed by atoms with Crippen LogP contribution in [0.3, 0.4) is 0 Å². The van der Waals surface area contributed by atoms with Crippen molar-refractivity contribution in [1.82, 2.24) is 15.1 Å². The van der Waals surface area contributed by atoms with Crippen molar-refractivity contribution >= 4 is 22.9 Å². The van der Waals surface area contributed by atoms with Crippen LogP contribution in [0.5, 0.6) is 0 Å². The van der Waals surface area contributed by atoms with Crippen LogP contribution in [0, 0.1) is 0 Å². The van der Waals surface area contributed by atoms with E-state index in [2.05, 4.69) is 31.0 Å². The summed E-state index contributed by atoms with van der Waals surface area (Å²) in [6.07, 6.45) is 0.456. The normalized spacial score (nSPS) is 28.7. The van der Waals surface area contributed by atoms with Gasteiger partial charge in [0.15, 0.2) is 0 Å². The number of nitrogens with one attached hydrogen (secondary N) is 1. The highest BCUT2D eigenvalue weighted by Crippen LogP contribution is 2.16. The fourth-order valence-electron chi connectivity index (χ4n) is 2.77. The minimum Gasteiger partial charge on any atom is -0.373 e. The molecule has 2 fully saturated rings. The lowest BCUT2D eigenvalue weighted by molar-refractivity contribution is -0.122. The Kier molecular flexibility index (Phi) is 5.89. The van der Waals surface area contributed by atoms with Gasteiger partial charge in [-0.3, -0.25) is 14.5 Å². The highest BCUT2D eigenvalue weighted by atomic mass is 32.2. The van der Waals surface area contributed by atoms with Crippen molar-refractivity contribution in [2.75, 3.05) is 38.5 Å². The first kappa shape index (κ1) is 16.6. The molecule has 2 saturated heterocycles. The first-order valence-corrected chi connectivity index (χ1v) is 8.52. The Morgan fingerprint density at radius 2 is 2.10 bits per heavy atom. The van der Waals surface area contributed by atoms with Gasteiger partial charge in [-0.05, 0) is 20.8 Å². The molecule has 0 aromatic rings. The van der Waals surface area contributed by atoms with E-state index in [0.29, 0.717) is 13.1 Å². The summed E-state index contributed by atoms with van der Waals surface area (Å²) in [6.45, 7) is 9.50. The summed E-state index contributed by atoms with van der Waals surface area (Å²) in [5.74, 6) is 0.707. The molecule has 0 spiro atoms. The molecule has 0 aliphatic carbocycles. The summed E-state index contributed by atoms with van der Waals surface area (Å²) >= 11 is 1.28. The highest BCUT2D eigenvalue weighted by Gasteiger charge is 2.27. The number of hydrogen-bond donors (Lipinski definition) is 1. The van der Waals surface area contributed by atoms with E-state index >= 15 is 0 Å². The first-order valence-electron chi connectivity index (χ1n) is 7.53. The second-order valence-corrected chi connectivity index (χ2v) is 6.95. The molecule has 0 aromatic carbocycles. The van der Waals surface area contributed by atoms with Crippen LogP contribution >= 0.6 is 11.8 Å². The van der Waals surface area contributed by atoms with Gasteiger partial charge in [0.2, 0.25) is 5.91 Å². The van der Waals surface area contributed by atoms with Crippen LogP contribution in [0.2, 0.25) is 0 Å². The highest BCUT2D eigenvalue weighted by molar-refractivity contribution is 8.13. The van der Waals surface area contributed by atoms with E-state index in [1.807, 2.05) is 0 Å². The number of amides is 2. The Hall–Kier alpha value is -0.790. The average Bonchev–Trinajstić information content (AvgIpc) is 2.80. The number of thioether (sulfide) groups is 1. The summed E-state index contributed by atoms with van der Waals surface area (Å²) in [4.78, 5) is 27.3. The van der Waals surface area contributed by atoms with Crippen molar-refractivity contribution in [3.05, 3.63) is 0 Å². The molecule has 0 bridgehead atoms. The van der Waals surface area contributed by atoms with Crippen LogP contribution in [-0.2, 0) is 9.53 Å². The van der Waals surface area contributed by atoms with Gasteiger partial charge >= 0.3 is 0 Å². The Bertz CT molecular complexity index is 384. The Morgan fingerprint density at radius 1 is 1.43 bits per heavy atom. The molecule has 2 rings (SSSR count). The summed E-state index contributed by atoms with van der Waals surface area (Å²) in [5, 5.41) is 2.94. The second-order valence-electron chi connectivity index (χ2n) is 5.90. The maximum absolute atomic E-state index is 11.9. The van der Waals surface area contributed by atoms with E-state index in [1.165, 1.54) is 11.8 Å². The maximum Gasteiger partial charge on any atom is 0.282 e. The Labute approximate surface area is 130 Å². The van der Waals surface area contributed by atoms with Gasteiger partial charge in [-0.25, -0.2) is 0 Å². The van der Waals surface area contributed by atoms with Crippen molar-refractivity contribution in [2.45, 2.75) is 39.0 Å². The van der Waals surface area contributed by atoms with Crippen molar-refractivity contribution in [1.29, 1.82) is 0 Å². The second kappa shape index (κ2) is 7.47. The largest absolute Gasteiger partial charge is 0.373 e. The van der Waals surface area contributed by atoms with Crippen LogP contribution in [-0.4, -0.2) is 77.7 Å². The van der Waals surface area contributed by atoms with Crippen LogP contribution < -0.4 is 5.32 Å². The summed E-state index contributed by atoms with van der Waals surface area (Å²) < 4.78 is 5.72. The average molecular weight is 315 g/mol. The molecule has 6 nitrogen and oxygen atoms in total. The van der Waals surface area contributed by atoms with E-state index < -0.39 is 0 Å². The molecular weight excluding hydrogens is 290 g/mol. The van der Waals surface area contributed by atoms with Gasteiger partial charge in [0.25, 0.3) is 5.24 Å². The molecule has 2 aliphatic rings. The molecule has 7 heteroatoms. The van der Waals surface area contributed by atoms with Crippen LogP contribution in [0.1, 0.15) is 20.8 Å². The van der Waals surface area contributed by atoms with Crippen LogP contribution in [0.25, 0.3) is 0 Å². The zero-order chi connectivity index (χ0) is 15.4. The molecular formula is C14H25N3O3S. The van der Waals surface area contributed by atoms with Gasteiger partial charge in [0.1, 0.15) is 6.54 Å². The Balaban J connectivity index is 1.71. The number of hydrogen-bond acceptors (Lipinski definition) is 5. The van der Waals surface area contributed by atoms with Gasteiger partial charge in [-0.2, -0.15) is 0 Å². The van der Waals surface area contributed by atoms with E-state index in [4.69, 9.17) is 4.74 Å². The monoisotopic (exact) mass is 315 g/mol. The molecule has 0 aromatic heterocycles. The molecule has 1 N–H and O–H groups in total. The Morgan fingerprint density at radius 3 is 2.67 bits per heavy atom. The third-order valence-corrected chi connectivity index (χ3v) is 4.74. The fourth-order valence-corrected chi connectivity index (χ4v) is 3.59. The molecule has 0 unspecified atom stereocenters. The minimum atomic E-state index is -0.0768. The quantitative estimate of drug-likeness (QED) is 0.812. The molecule has 0 saturated carbocycles. The minimum absolute atomic E-state index is 0.00836. The maximum atomic E-state index is 11.9. The molecule has 2 amide bonds. The molecule has 2 heterocycles. The molecule has 120 valence electrons. The van der Waals surface area contributed by atoms with E-state index in [-0.39, 0.29) is 35.9 Å². The third-order valence-electron chi connectivity index (χ3n) is 3.85. The summed E-state index contributed by atoms with van der Waals surface area (Å²) in [6, 6.07) is 0.270. The third kappa shape index (κ3) is 4.86. The van der Waals surface area contributed by atoms with Crippen molar-refractivity contribution in [2.24, 2.45) is 0 Å². The fraction of sp³-hybridized carbons (Fsp3) is 0.857. The van der Waals surface area contributed by atoms with E-state index in [9.17, 15) is 9.59 Å². The number of ether oxygens (including phenoxy) is 1. The lowest BCUT2D eigenvalue weighted by Gasteiger charge is -2.39. The standard InChI is InChI=1S/C14H25N3O3S/c1-10(17-7-11(2)20-12(3)8-17)6-15-13(18)9-16-4-5-21-14(16)19/h10-12H,4-9H2,1-3H3,(H,15,18)/t10-,11-,12+/m0/s1. The molecule has 2 aliphatic heterocycles. The zero-order valence-corrected chi connectivity index (χ0v) is 13.8. The molecule has 0 radical (unpaired) electrons.